The fourth-order valence-corrected chi connectivity index (χ4v) is 2.03. The molecular formula is C10H11ClFN. The molecule has 1 aliphatic carbocycles. The zero-order chi connectivity index (χ0) is 9.64. The molecule has 3 heteroatoms. The number of halogens is 2. The van der Waals surface area contributed by atoms with Gasteiger partial charge in [0.25, 0.3) is 0 Å². The van der Waals surface area contributed by atoms with E-state index >= 15 is 0 Å². The molecule has 13 heavy (non-hydrogen) atoms. The highest BCUT2D eigenvalue weighted by Crippen LogP contribution is 2.51. The van der Waals surface area contributed by atoms with E-state index in [0.717, 1.165) is 12.0 Å². The summed E-state index contributed by atoms with van der Waals surface area (Å²) in [7, 11) is 0. The van der Waals surface area contributed by atoms with Crippen molar-refractivity contribution in [2.24, 2.45) is 11.7 Å². The van der Waals surface area contributed by atoms with Gasteiger partial charge < -0.3 is 5.73 Å². The van der Waals surface area contributed by atoms with Crippen LogP contribution >= 0.6 is 11.6 Å². The lowest BCUT2D eigenvalue weighted by molar-refractivity contribution is 0.620. The quantitative estimate of drug-likeness (QED) is 0.740. The third-order valence-electron chi connectivity index (χ3n) is 2.80. The normalized spacial score (nSPS) is 31.8. The van der Waals surface area contributed by atoms with Crippen LogP contribution in [0.3, 0.4) is 0 Å². The smallest absolute Gasteiger partial charge is 0.124 e. The van der Waals surface area contributed by atoms with Gasteiger partial charge in [-0.2, -0.15) is 0 Å². The first-order chi connectivity index (χ1) is 6.04. The highest BCUT2D eigenvalue weighted by molar-refractivity contribution is 6.31. The van der Waals surface area contributed by atoms with Gasteiger partial charge in [0.05, 0.1) is 0 Å². The van der Waals surface area contributed by atoms with Gasteiger partial charge in [-0.05, 0) is 30.0 Å². The molecule has 0 radical (unpaired) electrons. The van der Waals surface area contributed by atoms with E-state index in [4.69, 9.17) is 17.3 Å². The van der Waals surface area contributed by atoms with E-state index in [9.17, 15) is 4.39 Å². The Labute approximate surface area is 81.7 Å². The Morgan fingerprint density at radius 3 is 2.69 bits per heavy atom. The Morgan fingerprint density at radius 2 is 2.23 bits per heavy atom. The molecule has 1 aliphatic rings. The SMILES string of the molecule is CC1CC1(N)c1ccc(F)cc1Cl. The zero-order valence-electron chi connectivity index (χ0n) is 7.35. The largest absolute Gasteiger partial charge is 0.321 e. The van der Waals surface area contributed by atoms with Gasteiger partial charge in [0.2, 0.25) is 0 Å². The first kappa shape index (κ1) is 8.97. The summed E-state index contributed by atoms with van der Waals surface area (Å²) in [5.74, 6) is 0.126. The van der Waals surface area contributed by atoms with Crippen molar-refractivity contribution in [1.29, 1.82) is 0 Å². The van der Waals surface area contributed by atoms with Gasteiger partial charge in [-0.25, -0.2) is 4.39 Å². The first-order valence-corrected chi connectivity index (χ1v) is 4.66. The molecule has 0 saturated heterocycles. The summed E-state index contributed by atoms with van der Waals surface area (Å²) in [6, 6.07) is 4.40. The lowest BCUT2D eigenvalue weighted by Crippen LogP contribution is -2.21. The fourth-order valence-electron chi connectivity index (χ4n) is 1.69. The van der Waals surface area contributed by atoms with Crippen molar-refractivity contribution in [3.8, 4) is 0 Å². The van der Waals surface area contributed by atoms with Gasteiger partial charge in [0, 0.05) is 10.6 Å². The molecule has 1 nitrogen and oxygen atoms in total. The standard InChI is InChI=1S/C10H11ClFN/c1-6-5-10(6,13)8-3-2-7(12)4-9(8)11/h2-4,6H,5,13H2,1H3. The monoisotopic (exact) mass is 199 g/mol. The lowest BCUT2D eigenvalue weighted by Gasteiger charge is -2.12. The molecule has 2 rings (SSSR count). The summed E-state index contributed by atoms with van der Waals surface area (Å²) < 4.78 is 12.7. The van der Waals surface area contributed by atoms with Crippen LogP contribution in [0.15, 0.2) is 18.2 Å². The van der Waals surface area contributed by atoms with Gasteiger partial charge in [-0.15, -0.1) is 0 Å². The van der Waals surface area contributed by atoms with Crippen LogP contribution < -0.4 is 5.73 Å². The van der Waals surface area contributed by atoms with Gasteiger partial charge in [-0.1, -0.05) is 24.6 Å². The third-order valence-corrected chi connectivity index (χ3v) is 3.11. The molecule has 1 saturated carbocycles. The Bertz CT molecular complexity index is 353. The van der Waals surface area contributed by atoms with Crippen LogP contribution in [-0.4, -0.2) is 0 Å². The Hall–Kier alpha value is -0.600. The first-order valence-electron chi connectivity index (χ1n) is 4.28. The second-order valence-corrected chi connectivity index (χ2v) is 4.18. The van der Waals surface area contributed by atoms with Gasteiger partial charge in [-0.3, -0.25) is 0 Å². The molecule has 0 spiro atoms. The minimum absolute atomic E-state index is 0.314. The van der Waals surface area contributed by atoms with Crippen LogP contribution in [0.4, 0.5) is 4.39 Å². The van der Waals surface area contributed by atoms with Crippen LogP contribution in [0, 0.1) is 11.7 Å². The van der Waals surface area contributed by atoms with E-state index in [2.05, 4.69) is 6.92 Å². The van der Waals surface area contributed by atoms with E-state index < -0.39 is 0 Å². The van der Waals surface area contributed by atoms with Crippen LogP contribution in [0.5, 0.6) is 0 Å². The van der Waals surface area contributed by atoms with E-state index in [0.29, 0.717) is 10.9 Å². The molecule has 0 aliphatic heterocycles. The van der Waals surface area contributed by atoms with E-state index in [-0.39, 0.29) is 11.4 Å². The van der Waals surface area contributed by atoms with Crippen LogP contribution in [-0.2, 0) is 5.54 Å². The number of rotatable bonds is 1. The summed E-state index contributed by atoms with van der Waals surface area (Å²) >= 11 is 5.90. The second kappa shape index (κ2) is 2.69. The van der Waals surface area contributed by atoms with Gasteiger partial charge in [0.15, 0.2) is 0 Å². The van der Waals surface area contributed by atoms with Crippen molar-refractivity contribution in [3.05, 3.63) is 34.6 Å². The van der Waals surface area contributed by atoms with E-state index in [1.54, 1.807) is 6.07 Å². The van der Waals surface area contributed by atoms with Crippen molar-refractivity contribution in [2.45, 2.75) is 18.9 Å². The summed E-state index contributed by atoms with van der Waals surface area (Å²) in [5.41, 5.74) is 6.60. The van der Waals surface area contributed by atoms with Gasteiger partial charge >= 0.3 is 0 Å². The van der Waals surface area contributed by atoms with E-state index in [1.807, 2.05) is 0 Å². The fraction of sp³-hybridized carbons (Fsp3) is 0.400. The molecule has 2 atom stereocenters. The molecule has 1 fully saturated rings. The maximum atomic E-state index is 12.7. The third kappa shape index (κ3) is 1.34. The minimum Gasteiger partial charge on any atom is -0.321 e. The Morgan fingerprint density at radius 1 is 1.62 bits per heavy atom. The molecule has 0 amide bonds. The molecule has 70 valence electrons. The predicted molar refractivity (Wildman–Crippen MR) is 51.1 cm³/mol. The second-order valence-electron chi connectivity index (χ2n) is 3.77. The lowest BCUT2D eigenvalue weighted by atomic mass is 10.0. The molecular weight excluding hydrogens is 189 g/mol. The highest BCUT2D eigenvalue weighted by atomic mass is 35.5. The minimum atomic E-state index is -0.315. The van der Waals surface area contributed by atoms with Crippen molar-refractivity contribution < 1.29 is 4.39 Å². The number of benzene rings is 1. The zero-order valence-corrected chi connectivity index (χ0v) is 8.11. The number of nitrogens with two attached hydrogens (primary N) is 1. The van der Waals surface area contributed by atoms with Gasteiger partial charge in [0.1, 0.15) is 5.82 Å². The highest BCUT2D eigenvalue weighted by Gasteiger charge is 2.49. The molecule has 1 aromatic carbocycles. The van der Waals surface area contributed by atoms with E-state index in [1.165, 1.54) is 12.1 Å². The maximum Gasteiger partial charge on any atom is 0.124 e. The van der Waals surface area contributed by atoms with Crippen molar-refractivity contribution in [3.63, 3.8) is 0 Å². The molecule has 0 aromatic heterocycles. The maximum absolute atomic E-state index is 12.7. The molecule has 2 unspecified atom stereocenters. The summed E-state index contributed by atoms with van der Waals surface area (Å²) in [6.07, 6.45) is 0.929. The summed E-state index contributed by atoms with van der Waals surface area (Å²) in [4.78, 5) is 0. The number of hydrogen-bond acceptors (Lipinski definition) is 1. The molecule has 0 heterocycles. The van der Waals surface area contributed by atoms with Crippen LogP contribution in [0.1, 0.15) is 18.9 Å². The topological polar surface area (TPSA) is 26.0 Å². The summed E-state index contributed by atoms with van der Waals surface area (Å²) in [6.45, 7) is 2.07. The average molecular weight is 200 g/mol. The average Bonchev–Trinajstić information content (AvgIpc) is 2.59. The van der Waals surface area contributed by atoms with Crippen molar-refractivity contribution >= 4 is 11.6 Å². The van der Waals surface area contributed by atoms with Crippen LogP contribution in [0.2, 0.25) is 5.02 Å². The van der Waals surface area contributed by atoms with Crippen molar-refractivity contribution in [1.82, 2.24) is 0 Å². The Kier molecular flexibility index (Phi) is 1.86. The predicted octanol–water partition coefficient (Wildman–Crippen LogP) is 2.67. The number of hydrogen-bond donors (Lipinski definition) is 1. The Balaban J connectivity index is 2.42. The molecule has 2 N–H and O–H groups in total. The summed E-state index contributed by atoms with van der Waals surface area (Å²) in [5, 5.41) is 0.437. The molecule has 1 aromatic rings. The van der Waals surface area contributed by atoms with Crippen LogP contribution in [0.25, 0.3) is 0 Å². The van der Waals surface area contributed by atoms with Crippen molar-refractivity contribution in [2.75, 3.05) is 0 Å². The molecule has 0 bridgehead atoms.